The molecule has 0 radical (unpaired) electrons. The average molecular weight is 513 g/mol. The number of hydrogen-bond donors (Lipinski definition) is 0. The number of thiazole rings is 1. The fraction of sp³-hybridized carbons (Fsp3) is 0.174. The summed E-state index contributed by atoms with van der Waals surface area (Å²) in [5.74, 6) is 0.514. The molecule has 9 heteroatoms. The standard InChI is InChI=1S/C23H17BrN2O5S/c1-11-10-32-23(25-11)26-18(13-5-4-6-16(29-2)20(13)30-3)17-19(27)14-9-12(24)7-8-15(14)31-21(17)22(26)28/h4-10,18H,1-3H3/t18-/m1/s1. The molecule has 5 rings (SSSR count). The van der Waals surface area contributed by atoms with Gasteiger partial charge in [-0.25, -0.2) is 4.98 Å². The Hall–Kier alpha value is -3.17. The van der Waals surface area contributed by atoms with Gasteiger partial charge in [-0.15, -0.1) is 11.3 Å². The van der Waals surface area contributed by atoms with Crippen molar-refractivity contribution in [1.82, 2.24) is 4.98 Å². The molecular formula is C23H17BrN2O5S. The topological polar surface area (TPSA) is 81.9 Å². The fourth-order valence-corrected chi connectivity index (χ4v) is 5.20. The maximum atomic E-state index is 13.7. The zero-order valence-corrected chi connectivity index (χ0v) is 19.7. The molecule has 0 unspecified atom stereocenters. The number of carbonyl (C=O) groups excluding carboxylic acids is 1. The van der Waals surface area contributed by atoms with Gasteiger partial charge in [0, 0.05) is 15.4 Å². The van der Waals surface area contributed by atoms with Crippen molar-refractivity contribution in [1.29, 1.82) is 0 Å². The van der Waals surface area contributed by atoms with E-state index in [-0.39, 0.29) is 16.8 Å². The van der Waals surface area contributed by atoms with Crippen molar-refractivity contribution in [3.63, 3.8) is 0 Å². The van der Waals surface area contributed by atoms with Gasteiger partial charge in [0.25, 0.3) is 5.91 Å². The number of hydrogen-bond acceptors (Lipinski definition) is 7. The molecule has 1 amide bonds. The van der Waals surface area contributed by atoms with E-state index in [9.17, 15) is 9.59 Å². The largest absolute Gasteiger partial charge is 0.493 e. The van der Waals surface area contributed by atoms with Crippen molar-refractivity contribution in [2.75, 3.05) is 19.1 Å². The molecule has 32 heavy (non-hydrogen) atoms. The minimum absolute atomic E-state index is 0.00699. The highest BCUT2D eigenvalue weighted by molar-refractivity contribution is 9.10. The van der Waals surface area contributed by atoms with Gasteiger partial charge in [-0.2, -0.15) is 0 Å². The summed E-state index contributed by atoms with van der Waals surface area (Å²) in [4.78, 5) is 33.3. The third-order valence-corrected chi connectivity index (χ3v) is 6.82. The lowest BCUT2D eigenvalue weighted by Gasteiger charge is -2.24. The number of halogens is 1. The summed E-state index contributed by atoms with van der Waals surface area (Å²) in [5.41, 5.74) is 1.70. The number of benzene rings is 2. The van der Waals surface area contributed by atoms with Crippen LogP contribution in [0.25, 0.3) is 11.0 Å². The maximum Gasteiger partial charge on any atom is 0.297 e. The number of anilines is 1. The normalized spacial score (nSPS) is 15.3. The molecule has 0 saturated carbocycles. The van der Waals surface area contributed by atoms with E-state index in [4.69, 9.17) is 13.9 Å². The van der Waals surface area contributed by atoms with E-state index in [0.29, 0.717) is 33.2 Å². The Kier molecular flexibility index (Phi) is 5.02. The Bertz CT molecular complexity index is 1440. The highest BCUT2D eigenvalue weighted by atomic mass is 79.9. The number of ether oxygens (including phenoxy) is 2. The first-order valence-corrected chi connectivity index (χ1v) is 11.3. The lowest BCUT2D eigenvalue weighted by molar-refractivity contribution is 0.0970. The van der Waals surface area contributed by atoms with Gasteiger partial charge < -0.3 is 13.9 Å². The maximum absolute atomic E-state index is 13.7. The number of para-hydroxylation sites is 1. The number of carbonyl (C=O) groups is 1. The van der Waals surface area contributed by atoms with Crippen LogP contribution in [0.4, 0.5) is 5.13 Å². The van der Waals surface area contributed by atoms with E-state index in [1.54, 1.807) is 30.3 Å². The van der Waals surface area contributed by atoms with E-state index in [0.717, 1.165) is 10.2 Å². The molecule has 7 nitrogen and oxygen atoms in total. The number of methoxy groups -OCH3 is 2. The summed E-state index contributed by atoms with van der Waals surface area (Å²) >= 11 is 4.74. The van der Waals surface area contributed by atoms with Gasteiger partial charge in [-0.3, -0.25) is 14.5 Å². The van der Waals surface area contributed by atoms with Crippen LogP contribution in [-0.4, -0.2) is 25.1 Å². The van der Waals surface area contributed by atoms with Crippen LogP contribution in [0.1, 0.15) is 33.4 Å². The average Bonchev–Trinajstić information content (AvgIpc) is 3.34. The molecular weight excluding hydrogens is 496 g/mol. The molecule has 1 aliphatic heterocycles. The number of rotatable bonds is 4. The lowest BCUT2D eigenvalue weighted by Crippen LogP contribution is -2.29. The van der Waals surface area contributed by atoms with Crippen LogP contribution >= 0.6 is 27.3 Å². The van der Waals surface area contributed by atoms with Crippen molar-refractivity contribution >= 4 is 49.3 Å². The van der Waals surface area contributed by atoms with E-state index in [1.165, 1.54) is 30.5 Å². The zero-order chi connectivity index (χ0) is 22.6. The smallest absolute Gasteiger partial charge is 0.297 e. The summed E-state index contributed by atoms with van der Waals surface area (Å²) < 4.78 is 17.8. The molecule has 2 aromatic heterocycles. The van der Waals surface area contributed by atoms with E-state index in [2.05, 4.69) is 20.9 Å². The number of aromatic nitrogens is 1. The van der Waals surface area contributed by atoms with Crippen LogP contribution in [0.3, 0.4) is 0 Å². The number of nitrogens with zero attached hydrogens (tertiary/aromatic N) is 2. The van der Waals surface area contributed by atoms with Crippen LogP contribution in [0, 0.1) is 6.92 Å². The quantitative estimate of drug-likeness (QED) is 0.378. The third kappa shape index (κ3) is 3.03. The van der Waals surface area contributed by atoms with Crippen molar-refractivity contribution in [3.05, 3.63) is 79.1 Å². The fourth-order valence-electron chi connectivity index (χ4n) is 4.02. The summed E-state index contributed by atoms with van der Waals surface area (Å²) in [6, 6.07) is 9.72. The molecule has 1 aliphatic rings. The van der Waals surface area contributed by atoms with Gasteiger partial charge in [0.05, 0.1) is 30.9 Å². The van der Waals surface area contributed by atoms with Crippen molar-refractivity contribution in [3.8, 4) is 11.5 Å². The Morgan fingerprint density at radius 1 is 1.16 bits per heavy atom. The number of fused-ring (bicyclic) bond motifs is 2. The second-order valence-electron chi connectivity index (χ2n) is 7.25. The zero-order valence-electron chi connectivity index (χ0n) is 17.3. The van der Waals surface area contributed by atoms with Gasteiger partial charge in [0.1, 0.15) is 11.6 Å². The van der Waals surface area contributed by atoms with Crippen LogP contribution in [0.2, 0.25) is 0 Å². The third-order valence-electron chi connectivity index (χ3n) is 5.37. The molecule has 0 N–H and O–H groups in total. The van der Waals surface area contributed by atoms with Gasteiger partial charge in [-0.1, -0.05) is 28.1 Å². The molecule has 1 atom stereocenters. The summed E-state index contributed by atoms with van der Waals surface area (Å²) in [7, 11) is 3.06. The van der Waals surface area contributed by atoms with Crippen LogP contribution < -0.4 is 19.8 Å². The second kappa shape index (κ2) is 7.75. The summed E-state index contributed by atoms with van der Waals surface area (Å²) in [5, 5.41) is 2.71. The first kappa shape index (κ1) is 20.7. The molecule has 162 valence electrons. The van der Waals surface area contributed by atoms with Crippen LogP contribution in [-0.2, 0) is 0 Å². The monoisotopic (exact) mass is 512 g/mol. The van der Waals surface area contributed by atoms with Gasteiger partial charge in [0.2, 0.25) is 5.76 Å². The second-order valence-corrected chi connectivity index (χ2v) is 9.00. The van der Waals surface area contributed by atoms with Crippen molar-refractivity contribution in [2.45, 2.75) is 13.0 Å². The Balaban J connectivity index is 1.86. The molecule has 0 saturated heterocycles. The molecule has 4 aromatic rings. The molecule has 3 heterocycles. The summed E-state index contributed by atoms with van der Waals surface area (Å²) in [6.07, 6.45) is 0. The predicted octanol–water partition coefficient (Wildman–Crippen LogP) is 5.09. The van der Waals surface area contributed by atoms with Crippen LogP contribution in [0.15, 0.2) is 55.5 Å². The highest BCUT2D eigenvalue weighted by Crippen LogP contribution is 2.46. The highest BCUT2D eigenvalue weighted by Gasteiger charge is 2.46. The van der Waals surface area contributed by atoms with Crippen molar-refractivity contribution < 1.29 is 18.7 Å². The Labute approximate surface area is 195 Å². The van der Waals surface area contributed by atoms with Gasteiger partial charge >= 0.3 is 0 Å². The van der Waals surface area contributed by atoms with E-state index >= 15 is 0 Å². The van der Waals surface area contributed by atoms with Gasteiger partial charge in [0.15, 0.2) is 22.1 Å². The molecule has 2 aromatic carbocycles. The van der Waals surface area contributed by atoms with Crippen LogP contribution in [0.5, 0.6) is 11.5 Å². The molecule has 0 spiro atoms. The Morgan fingerprint density at radius 3 is 2.66 bits per heavy atom. The van der Waals surface area contributed by atoms with Gasteiger partial charge in [-0.05, 0) is 31.2 Å². The minimum Gasteiger partial charge on any atom is -0.493 e. The van der Waals surface area contributed by atoms with E-state index < -0.39 is 11.9 Å². The Morgan fingerprint density at radius 2 is 1.97 bits per heavy atom. The predicted molar refractivity (Wildman–Crippen MR) is 125 cm³/mol. The molecule has 0 aliphatic carbocycles. The first-order chi connectivity index (χ1) is 15.4. The van der Waals surface area contributed by atoms with E-state index in [1.807, 2.05) is 18.4 Å². The number of amides is 1. The number of aryl methyl sites for hydroxylation is 1. The first-order valence-electron chi connectivity index (χ1n) is 9.67. The summed E-state index contributed by atoms with van der Waals surface area (Å²) in [6.45, 7) is 1.85. The minimum atomic E-state index is -0.785. The SMILES string of the molecule is COc1cccc([C@@H]2c3c(oc4ccc(Br)cc4c3=O)C(=O)N2c2nc(C)cs2)c1OC. The van der Waals surface area contributed by atoms with Crippen molar-refractivity contribution in [2.24, 2.45) is 0 Å². The lowest BCUT2D eigenvalue weighted by atomic mass is 9.97. The molecule has 0 bridgehead atoms. The molecule has 0 fully saturated rings.